The van der Waals surface area contributed by atoms with Gasteiger partial charge in [0, 0.05) is 18.7 Å². The first-order valence-electron chi connectivity index (χ1n) is 7.20. The van der Waals surface area contributed by atoms with Crippen LogP contribution >= 0.6 is 0 Å². The molecule has 1 saturated heterocycles. The first-order valence-corrected chi connectivity index (χ1v) is 7.20. The van der Waals surface area contributed by atoms with Gasteiger partial charge in [-0.1, -0.05) is 6.92 Å². The van der Waals surface area contributed by atoms with E-state index in [2.05, 4.69) is 11.9 Å². The van der Waals surface area contributed by atoms with Gasteiger partial charge in [-0.05, 0) is 43.0 Å². The van der Waals surface area contributed by atoms with Crippen LogP contribution < -0.4 is 4.74 Å². The fraction of sp³-hybridized carbons (Fsp3) is 0.500. The second kappa shape index (κ2) is 7.11. The molecule has 1 heterocycles. The topological polar surface area (TPSA) is 51.1 Å². The van der Waals surface area contributed by atoms with Crippen LogP contribution in [0.25, 0.3) is 0 Å². The molecule has 5 heteroatoms. The highest BCUT2D eigenvalue weighted by Crippen LogP contribution is 2.17. The predicted octanol–water partition coefficient (Wildman–Crippen LogP) is 2.57. The van der Waals surface area contributed by atoms with Crippen molar-refractivity contribution in [3.63, 3.8) is 0 Å². The fourth-order valence-electron chi connectivity index (χ4n) is 2.33. The van der Waals surface area contributed by atoms with Gasteiger partial charge in [0.2, 0.25) is 0 Å². The Morgan fingerprint density at radius 2 is 1.81 bits per heavy atom. The van der Waals surface area contributed by atoms with Crippen molar-refractivity contribution in [1.82, 2.24) is 4.90 Å². The number of hydrogen-bond acceptors (Lipinski definition) is 3. The van der Waals surface area contributed by atoms with Gasteiger partial charge in [0.15, 0.2) is 0 Å². The van der Waals surface area contributed by atoms with Crippen LogP contribution in [0.15, 0.2) is 29.3 Å². The Bertz CT molecular complexity index is 503. The maximum atomic E-state index is 12.2. The number of nitrogens with zero attached hydrogens (tertiary/aromatic N) is 2. The molecule has 0 aromatic heterocycles. The standard InChI is InChI=1S/C16H22N2O3/c1-12-8-10-18(11-9-12)16(21-3)17-15(19)13-4-6-14(20-2)7-5-13/h4-7,12H,8-11H2,1-3H3. The molecule has 1 amide bonds. The molecule has 0 N–H and O–H groups in total. The average molecular weight is 290 g/mol. The van der Waals surface area contributed by atoms with Crippen molar-refractivity contribution < 1.29 is 14.3 Å². The maximum absolute atomic E-state index is 12.2. The number of aliphatic imine (C=N–C) groups is 1. The third-order valence-electron chi connectivity index (χ3n) is 3.77. The zero-order chi connectivity index (χ0) is 15.2. The number of benzene rings is 1. The molecule has 1 aliphatic heterocycles. The number of likely N-dealkylation sites (tertiary alicyclic amines) is 1. The molecule has 0 saturated carbocycles. The molecule has 0 radical (unpaired) electrons. The molecule has 1 aromatic rings. The van der Waals surface area contributed by atoms with Crippen molar-refractivity contribution in [3.8, 4) is 5.75 Å². The third kappa shape index (κ3) is 3.97. The number of piperidine rings is 1. The van der Waals surface area contributed by atoms with Crippen LogP contribution in [0.2, 0.25) is 0 Å². The molecular weight excluding hydrogens is 268 g/mol. The van der Waals surface area contributed by atoms with E-state index in [0.29, 0.717) is 17.3 Å². The van der Waals surface area contributed by atoms with Crippen LogP contribution in [-0.2, 0) is 4.74 Å². The largest absolute Gasteiger partial charge is 0.497 e. The van der Waals surface area contributed by atoms with E-state index in [1.165, 1.54) is 0 Å². The first-order chi connectivity index (χ1) is 10.1. The van der Waals surface area contributed by atoms with Crippen molar-refractivity contribution in [2.45, 2.75) is 19.8 Å². The maximum Gasteiger partial charge on any atom is 0.295 e. The van der Waals surface area contributed by atoms with E-state index in [9.17, 15) is 4.79 Å². The molecule has 0 bridgehead atoms. The highest BCUT2D eigenvalue weighted by Gasteiger charge is 2.20. The molecule has 0 aliphatic carbocycles. The number of ether oxygens (including phenoxy) is 2. The molecule has 2 rings (SSSR count). The van der Waals surface area contributed by atoms with Crippen LogP contribution in [-0.4, -0.2) is 44.1 Å². The first kappa shape index (κ1) is 15.4. The summed E-state index contributed by atoms with van der Waals surface area (Å²) in [7, 11) is 3.15. The summed E-state index contributed by atoms with van der Waals surface area (Å²) in [5.74, 6) is 1.14. The minimum absolute atomic E-state index is 0.298. The number of hydrogen-bond donors (Lipinski definition) is 0. The van der Waals surface area contributed by atoms with Gasteiger partial charge < -0.3 is 14.4 Å². The van der Waals surface area contributed by atoms with Crippen molar-refractivity contribution in [1.29, 1.82) is 0 Å². The monoisotopic (exact) mass is 290 g/mol. The Morgan fingerprint density at radius 3 is 2.33 bits per heavy atom. The lowest BCUT2D eigenvalue weighted by atomic mass is 10.00. The lowest BCUT2D eigenvalue weighted by molar-refractivity contribution is 0.0994. The van der Waals surface area contributed by atoms with Gasteiger partial charge in [-0.15, -0.1) is 0 Å². The number of amidine groups is 1. The summed E-state index contributed by atoms with van der Waals surface area (Å²) in [5.41, 5.74) is 0.524. The summed E-state index contributed by atoms with van der Waals surface area (Å²) >= 11 is 0. The van der Waals surface area contributed by atoms with Gasteiger partial charge in [0.05, 0.1) is 14.2 Å². The predicted molar refractivity (Wildman–Crippen MR) is 81.7 cm³/mol. The number of rotatable bonds is 2. The summed E-state index contributed by atoms with van der Waals surface area (Å²) in [4.78, 5) is 18.3. The fourth-order valence-corrected chi connectivity index (χ4v) is 2.33. The van der Waals surface area contributed by atoms with E-state index >= 15 is 0 Å². The van der Waals surface area contributed by atoms with Crippen LogP contribution in [0.1, 0.15) is 30.1 Å². The van der Waals surface area contributed by atoms with Crippen molar-refractivity contribution in [2.75, 3.05) is 27.3 Å². The Hall–Kier alpha value is -2.04. The number of amides is 1. The zero-order valence-electron chi connectivity index (χ0n) is 12.8. The van der Waals surface area contributed by atoms with Crippen LogP contribution in [0.4, 0.5) is 0 Å². The van der Waals surface area contributed by atoms with E-state index in [0.717, 1.165) is 31.8 Å². The molecule has 114 valence electrons. The van der Waals surface area contributed by atoms with E-state index in [-0.39, 0.29) is 5.91 Å². The molecule has 1 aliphatic rings. The summed E-state index contributed by atoms with van der Waals surface area (Å²) in [6.07, 6.45) is 2.19. The Balaban J connectivity index is 2.09. The Morgan fingerprint density at radius 1 is 1.19 bits per heavy atom. The second-order valence-electron chi connectivity index (χ2n) is 5.30. The Kier molecular flexibility index (Phi) is 5.20. The highest BCUT2D eigenvalue weighted by atomic mass is 16.5. The SMILES string of the molecule is COC(=NC(=O)c1ccc(OC)cc1)N1CCC(C)CC1. The molecular formula is C16H22N2O3. The van der Waals surface area contributed by atoms with E-state index in [1.807, 2.05) is 4.90 Å². The smallest absolute Gasteiger partial charge is 0.295 e. The van der Waals surface area contributed by atoms with Gasteiger partial charge in [0.25, 0.3) is 11.9 Å². The molecule has 0 spiro atoms. The molecule has 5 nitrogen and oxygen atoms in total. The lowest BCUT2D eigenvalue weighted by Gasteiger charge is -2.31. The third-order valence-corrected chi connectivity index (χ3v) is 3.77. The minimum Gasteiger partial charge on any atom is -0.497 e. The molecule has 21 heavy (non-hydrogen) atoms. The van der Waals surface area contributed by atoms with Crippen molar-refractivity contribution in [2.24, 2.45) is 10.9 Å². The number of carbonyl (C=O) groups is 1. The van der Waals surface area contributed by atoms with Gasteiger partial charge in [-0.2, -0.15) is 4.99 Å². The molecule has 0 unspecified atom stereocenters. The van der Waals surface area contributed by atoms with Crippen LogP contribution in [0, 0.1) is 5.92 Å². The van der Waals surface area contributed by atoms with E-state index in [1.54, 1.807) is 38.5 Å². The number of carbonyl (C=O) groups excluding carboxylic acids is 1. The minimum atomic E-state index is -0.298. The average Bonchev–Trinajstić information content (AvgIpc) is 2.53. The second-order valence-corrected chi connectivity index (χ2v) is 5.30. The Labute approximate surface area is 125 Å². The normalized spacial score (nSPS) is 16.7. The van der Waals surface area contributed by atoms with Gasteiger partial charge >= 0.3 is 0 Å². The zero-order valence-corrected chi connectivity index (χ0v) is 12.8. The van der Waals surface area contributed by atoms with Crippen LogP contribution in [0.3, 0.4) is 0 Å². The summed E-state index contributed by atoms with van der Waals surface area (Å²) in [6.45, 7) is 4.00. The lowest BCUT2D eigenvalue weighted by Crippen LogP contribution is -2.39. The van der Waals surface area contributed by atoms with Gasteiger partial charge in [-0.25, -0.2) is 0 Å². The van der Waals surface area contributed by atoms with Crippen molar-refractivity contribution >= 4 is 11.9 Å². The molecule has 1 fully saturated rings. The van der Waals surface area contributed by atoms with E-state index in [4.69, 9.17) is 9.47 Å². The summed E-state index contributed by atoms with van der Waals surface area (Å²) < 4.78 is 10.4. The molecule has 0 atom stereocenters. The van der Waals surface area contributed by atoms with Crippen LogP contribution in [0.5, 0.6) is 5.75 Å². The summed E-state index contributed by atoms with van der Waals surface area (Å²) in [6, 6.07) is 7.31. The molecule has 1 aromatic carbocycles. The number of methoxy groups -OCH3 is 2. The summed E-state index contributed by atoms with van der Waals surface area (Å²) in [5, 5.41) is 0. The quantitative estimate of drug-likeness (QED) is 0.620. The van der Waals surface area contributed by atoms with Gasteiger partial charge in [0.1, 0.15) is 5.75 Å². The van der Waals surface area contributed by atoms with Gasteiger partial charge in [-0.3, -0.25) is 4.79 Å². The van der Waals surface area contributed by atoms with E-state index < -0.39 is 0 Å². The van der Waals surface area contributed by atoms with Crippen molar-refractivity contribution in [3.05, 3.63) is 29.8 Å². The highest BCUT2D eigenvalue weighted by molar-refractivity contribution is 6.01.